The number of amides is 1. The van der Waals surface area contributed by atoms with Crippen LogP contribution in [0.2, 0.25) is 0 Å². The number of carbonyl (C=O) groups excluding carboxylic acids is 1. The minimum absolute atomic E-state index is 0.0407. The molecule has 0 saturated heterocycles. The Labute approximate surface area is 135 Å². The lowest BCUT2D eigenvalue weighted by Gasteiger charge is -2.04. The second-order valence-corrected chi connectivity index (χ2v) is 5.39. The van der Waals surface area contributed by atoms with Crippen molar-refractivity contribution in [2.75, 3.05) is 6.54 Å². The minimum Gasteiger partial charge on any atom is -0.355 e. The van der Waals surface area contributed by atoms with E-state index in [9.17, 15) is 4.79 Å². The molecule has 2 aromatic carbocycles. The van der Waals surface area contributed by atoms with Gasteiger partial charge in [0, 0.05) is 30.4 Å². The van der Waals surface area contributed by atoms with E-state index in [1.165, 1.54) is 0 Å². The molecule has 3 rings (SSSR count). The fraction of sp³-hybridized carbons (Fsp3) is 0.158. The van der Waals surface area contributed by atoms with Crippen LogP contribution < -0.4 is 5.32 Å². The number of hydrogen-bond acceptors (Lipinski definition) is 2. The van der Waals surface area contributed by atoms with Crippen LogP contribution in [0.5, 0.6) is 0 Å². The average molecular weight is 305 g/mol. The maximum Gasteiger partial charge on any atom is 0.224 e. The molecule has 3 aromatic rings. The second-order valence-electron chi connectivity index (χ2n) is 5.39. The number of H-pyrrole nitrogens is 1. The third-order valence-corrected chi connectivity index (χ3v) is 3.60. The first-order valence-electron chi connectivity index (χ1n) is 7.71. The highest BCUT2D eigenvalue weighted by Gasteiger charge is 2.05. The molecule has 116 valence electrons. The summed E-state index contributed by atoms with van der Waals surface area (Å²) in [6.45, 7) is 0.599. The predicted molar refractivity (Wildman–Crippen MR) is 90.9 cm³/mol. The van der Waals surface area contributed by atoms with Crippen LogP contribution in [0, 0.1) is 0 Å². The molecule has 0 unspecified atom stereocenters. The average Bonchev–Trinajstić information content (AvgIpc) is 3.05. The van der Waals surface area contributed by atoms with E-state index >= 15 is 0 Å². The van der Waals surface area contributed by atoms with Crippen molar-refractivity contribution in [3.8, 4) is 11.4 Å². The van der Waals surface area contributed by atoms with E-state index in [2.05, 4.69) is 15.3 Å². The molecule has 0 fully saturated rings. The fourth-order valence-electron chi connectivity index (χ4n) is 2.41. The quantitative estimate of drug-likeness (QED) is 0.735. The molecular formula is C19H19N3O. The Balaban J connectivity index is 1.48. The van der Waals surface area contributed by atoms with Gasteiger partial charge < -0.3 is 10.3 Å². The number of benzene rings is 2. The van der Waals surface area contributed by atoms with Gasteiger partial charge in [-0.3, -0.25) is 4.79 Å². The van der Waals surface area contributed by atoms with E-state index in [0.29, 0.717) is 13.0 Å². The lowest BCUT2D eigenvalue weighted by Crippen LogP contribution is -2.27. The standard InChI is InChI=1S/C19H19N3O/c23-18(13-15-7-3-1-4-8-15)20-12-11-17-14-21-19(22-17)16-9-5-2-6-10-16/h1-10,14H,11-13H2,(H,20,23)(H,21,22). The summed E-state index contributed by atoms with van der Waals surface area (Å²) in [7, 11) is 0. The zero-order valence-electron chi connectivity index (χ0n) is 12.8. The van der Waals surface area contributed by atoms with E-state index in [-0.39, 0.29) is 5.91 Å². The lowest BCUT2D eigenvalue weighted by atomic mass is 10.1. The van der Waals surface area contributed by atoms with Gasteiger partial charge in [0.1, 0.15) is 5.82 Å². The normalized spacial score (nSPS) is 10.4. The molecule has 0 aliphatic rings. The molecule has 0 spiro atoms. The van der Waals surface area contributed by atoms with Gasteiger partial charge in [-0.2, -0.15) is 0 Å². The highest BCUT2D eigenvalue weighted by molar-refractivity contribution is 5.78. The molecule has 1 amide bonds. The van der Waals surface area contributed by atoms with Crippen molar-refractivity contribution in [1.29, 1.82) is 0 Å². The second kappa shape index (κ2) is 7.40. The number of rotatable bonds is 6. The SMILES string of the molecule is O=C(Cc1ccccc1)NCCc1cnc(-c2ccccc2)[nH]1. The zero-order valence-corrected chi connectivity index (χ0v) is 12.8. The Kier molecular flexibility index (Phi) is 4.84. The predicted octanol–water partition coefficient (Wildman–Crippen LogP) is 2.98. The van der Waals surface area contributed by atoms with E-state index < -0.39 is 0 Å². The fourth-order valence-corrected chi connectivity index (χ4v) is 2.41. The summed E-state index contributed by atoms with van der Waals surface area (Å²) in [6.07, 6.45) is 2.98. The molecule has 23 heavy (non-hydrogen) atoms. The van der Waals surface area contributed by atoms with Crippen LogP contribution in [0.3, 0.4) is 0 Å². The van der Waals surface area contributed by atoms with Crippen LogP contribution in [-0.2, 0) is 17.6 Å². The van der Waals surface area contributed by atoms with Gasteiger partial charge in [-0.1, -0.05) is 60.7 Å². The number of nitrogens with zero attached hydrogens (tertiary/aromatic N) is 1. The molecule has 0 bridgehead atoms. The zero-order chi connectivity index (χ0) is 15.9. The van der Waals surface area contributed by atoms with Crippen molar-refractivity contribution in [2.24, 2.45) is 0 Å². The third-order valence-electron chi connectivity index (χ3n) is 3.60. The van der Waals surface area contributed by atoms with Gasteiger partial charge in [0.25, 0.3) is 0 Å². The third kappa shape index (κ3) is 4.30. The molecule has 4 nitrogen and oxygen atoms in total. The molecule has 0 radical (unpaired) electrons. The van der Waals surface area contributed by atoms with E-state index in [1.54, 1.807) is 0 Å². The number of aromatic amines is 1. The Bertz CT molecular complexity index is 751. The van der Waals surface area contributed by atoms with Gasteiger partial charge in [-0.25, -0.2) is 4.98 Å². The summed E-state index contributed by atoms with van der Waals surface area (Å²) < 4.78 is 0. The Morgan fingerprint density at radius 3 is 2.43 bits per heavy atom. The Morgan fingerprint density at radius 2 is 1.70 bits per heavy atom. The maximum absolute atomic E-state index is 11.9. The molecule has 2 N–H and O–H groups in total. The van der Waals surface area contributed by atoms with E-state index in [1.807, 2.05) is 66.9 Å². The van der Waals surface area contributed by atoms with Crippen LogP contribution in [0.1, 0.15) is 11.3 Å². The smallest absolute Gasteiger partial charge is 0.224 e. The summed E-state index contributed by atoms with van der Waals surface area (Å²) in [5.74, 6) is 0.898. The molecule has 0 atom stereocenters. The summed E-state index contributed by atoms with van der Waals surface area (Å²) in [4.78, 5) is 19.6. The lowest BCUT2D eigenvalue weighted by molar-refractivity contribution is -0.120. The van der Waals surface area contributed by atoms with Crippen LogP contribution in [-0.4, -0.2) is 22.4 Å². The van der Waals surface area contributed by atoms with Crippen molar-refractivity contribution in [3.63, 3.8) is 0 Å². The van der Waals surface area contributed by atoms with Crippen molar-refractivity contribution < 1.29 is 4.79 Å². The van der Waals surface area contributed by atoms with Gasteiger partial charge in [-0.05, 0) is 5.56 Å². The van der Waals surface area contributed by atoms with Gasteiger partial charge in [0.15, 0.2) is 0 Å². The molecule has 1 heterocycles. The topological polar surface area (TPSA) is 57.8 Å². The number of carbonyl (C=O) groups is 1. The first-order chi connectivity index (χ1) is 11.3. The van der Waals surface area contributed by atoms with E-state index in [4.69, 9.17) is 0 Å². The summed E-state index contributed by atoms with van der Waals surface area (Å²) in [5.41, 5.74) is 3.11. The summed E-state index contributed by atoms with van der Waals surface area (Å²) >= 11 is 0. The van der Waals surface area contributed by atoms with Gasteiger partial charge in [0.2, 0.25) is 5.91 Å². The molecular weight excluding hydrogens is 286 g/mol. The van der Waals surface area contributed by atoms with E-state index in [0.717, 1.165) is 29.1 Å². The summed E-state index contributed by atoms with van der Waals surface area (Å²) in [6, 6.07) is 19.7. The van der Waals surface area contributed by atoms with Crippen LogP contribution >= 0.6 is 0 Å². The van der Waals surface area contributed by atoms with Crippen molar-refractivity contribution >= 4 is 5.91 Å². The molecule has 0 aliphatic heterocycles. The maximum atomic E-state index is 11.9. The first-order valence-corrected chi connectivity index (χ1v) is 7.71. The minimum atomic E-state index is 0.0407. The van der Waals surface area contributed by atoms with Crippen LogP contribution in [0.25, 0.3) is 11.4 Å². The number of hydrogen-bond donors (Lipinski definition) is 2. The van der Waals surface area contributed by atoms with Gasteiger partial charge >= 0.3 is 0 Å². The highest BCUT2D eigenvalue weighted by atomic mass is 16.1. The Hall–Kier alpha value is -2.88. The number of imidazole rings is 1. The molecule has 0 saturated carbocycles. The monoisotopic (exact) mass is 305 g/mol. The van der Waals surface area contributed by atoms with Gasteiger partial charge in [0.05, 0.1) is 6.42 Å². The molecule has 0 aliphatic carbocycles. The van der Waals surface area contributed by atoms with Crippen LogP contribution in [0.4, 0.5) is 0 Å². The largest absolute Gasteiger partial charge is 0.355 e. The molecule has 4 heteroatoms. The van der Waals surface area contributed by atoms with Gasteiger partial charge in [-0.15, -0.1) is 0 Å². The molecule has 1 aromatic heterocycles. The van der Waals surface area contributed by atoms with Crippen molar-refractivity contribution in [3.05, 3.63) is 78.1 Å². The van der Waals surface area contributed by atoms with Crippen molar-refractivity contribution in [1.82, 2.24) is 15.3 Å². The van der Waals surface area contributed by atoms with Crippen LogP contribution in [0.15, 0.2) is 66.9 Å². The first kappa shape index (κ1) is 15.0. The highest BCUT2D eigenvalue weighted by Crippen LogP contribution is 2.14. The van der Waals surface area contributed by atoms with Crippen molar-refractivity contribution in [2.45, 2.75) is 12.8 Å². The Morgan fingerprint density at radius 1 is 1.00 bits per heavy atom. The summed E-state index contributed by atoms with van der Waals surface area (Å²) in [5, 5.41) is 2.94. The number of aromatic nitrogens is 2. The number of nitrogens with one attached hydrogen (secondary N) is 2.